The predicted octanol–water partition coefficient (Wildman–Crippen LogP) is 8.38. The highest BCUT2D eigenvalue weighted by Crippen LogP contribution is 2.40. The molecule has 200 valence electrons. The van der Waals surface area contributed by atoms with Crippen LogP contribution in [-0.2, 0) is 9.47 Å². The lowest BCUT2D eigenvalue weighted by molar-refractivity contribution is 0.122. The van der Waals surface area contributed by atoms with Crippen molar-refractivity contribution in [3.05, 3.63) is 84.1 Å². The van der Waals surface area contributed by atoms with Gasteiger partial charge in [-0.3, -0.25) is 0 Å². The van der Waals surface area contributed by atoms with Crippen LogP contribution in [0.25, 0.3) is 0 Å². The fourth-order valence-corrected chi connectivity index (χ4v) is 4.82. The van der Waals surface area contributed by atoms with Gasteiger partial charge in [0.05, 0.1) is 19.8 Å². The molecule has 0 saturated heterocycles. The zero-order valence-corrected chi connectivity index (χ0v) is 21.7. The molecule has 1 aromatic carbocycles. The first-order chi connectivity index (χ1) is 17.2. The van der Waals surface area contributed by atoms with Gasteiger partial charge in [-0.25, -0.2) is 13.2 Å². The van der Waals surface area contributed by atoms with E-state index in [1.807, 2.05) is 6.08 Å². The van der Waals surface area contributed by atoms with E-state index >= 15 is 0 Å². The number of hydrogen-bond donors (Lipinski definition) is 1. The minimum Gasteiger partial charge on any atom is -0.494 e. The highest BCUT2D eigenvalue weighted by atomic mass is 19.2. The number of allylic oxidation sites excluding steroid dienone is 3. The largest absolute Gasteiger partial charge is 0.494 e. The highest BCUT2D eigenvalue weighted by Gasteiger charge is 2.29. The fourth-order valence-electron chi connectivity index (χ4n) is 4.82. The molecular weight excluding hydrogens is 465 g/mol. The van der Waals surface area contributed by atoms with Gasteiger partial charge in [0.1, 0.15) is 11.5 Å². The molecule has 3 rings (SSSR count). The predicted molar refractivity (Wildman–Crippen MR) is 139 cm³/mol. The molecule has 2 fully saturated rings. The van der Waals surface area contributed by atoms with Crippen LogP contribution in [0.2, 0.25) is 0 Å². The lowest BCUT2D eigenvalue weighted by Crippen LogP contribution is -2.20. The van der Waals surface area contributed by atoms with Crippen LogP contribution in [0.1, 0.15) is 87.7 Å². The molecule has 0 unspecified atom stereocenters. The van der Waals surface area contributed by atoms with Crippen molar-refractivity contribution in [3.63, 3.8) is 0 Å². The lowest BCUT2D eigenvalue weighted by atomic mass is 9.77. The van der Waals surface area contributed by atoms with Gasteiger partial charge in [-0.1, -0.05) is 38.3 Å². The summed E-state index contributed by atoms with van der Waals surface area (Å²) in [6, 6.07) is 3.49. The molecular formula is C30H41F3O3. The summed E-state index contributed by atoms with van der Waals surface area (Å²) in [4.78, 5) is 0. The minimum absolute atomic E-state index is 0.0199. The maximum absolute atomic E-state index is 14.9. The number of aliphatic hydroxyl groups excluding tert-OH is 1. The molecule has 0 heterocycles. The molecule has 0 bridgehead atoms. The van der Waals surface area contributed by atoms with Crippen LogP contribution in [0.4, 0.5) is 13.2 Å². The van der Waals surface area contributed by atoms with Crippen molar-refractivity contribution in [2.45, 2.75) is 82.7 Å². The van der Waals surface area contributed by atoms with Crippen LogP contribution in [0.3, 0.4) is 0 Å². The molecule has 1 aromatic rings. The van der Waals surface area contributed by atoms with Crippen LogP contribution >= 0.6 is 0 Å². The van der Waals surface area contributed by atoms with E-state index in [1.165, 1.54) is 7.11 Å². The van der Waals surface area contributed by atoms with E-state index in [1.54, 1.807) is 12.1 Å². The zero-order valence-electron chi connectivity index (χ0n) is 21.7. The third kappa shape index (κ3) is 8.58. The molecule has 0 amide bonds. The van der Waals surface area contributed by atoms with Crippen LogP contribution in [0, 0.1) is 17.6 Å². The molecule has 0 atom stereocenters. The Kier molecular flexibility index (Phi) is 12.3. The summed E-state index contributed by atoms with van der Waals surface area (Å²) < 4.78 is 53.8. The second-order valence-corrected chi connectivity index (χ2v) is 9.69. The van der Waals surface area contributed by atoms with Crippen LogP contribution < -0.4 is 0 Å². The van der Waals surface area contributed by atoms with Gasteiger partial charge in [-0.2, -0.15) is 0 Å². The number of hydrogen-bond acceptors (Lipinski definition) is 3. The second-order valence-electron chi connectivity index (χ2n) is 9.69. The highest BCUT2D eigenvalue weighted by molar-refractivity contribution is 5.32. The van der Waals surface area contributed by atoms with Gasteiger partial charge in [0.25, 0.3) is 0 Å². The van der Waals surface area contributed by atoms with Gasteiger partial charge in [0, 0.05) is 6.08 Å². The molecule has 3 nitrogen and oxygen atoms in total. The van der Waals surface area contributed by atoms with Gasteiger partial charge in [0.15, 0.2) is 17.5 Å². The SMILES string of the molecule is C=C(/C=C(/F)C(=C)OC)OCC1CCC(c2ccc(C3CCC(O)CC3)c(F)c2F)CC1.C=CCC. The third-order valence-electron chi connectivity index (χ3n) is 7.16. The first kappa shape index (κ1) is 29.8. The Balaban J connectivity index is 0.00000106. The maximum atomic E-state index is 14.9. The van der Waals surface area contributed by atoms with Gasteiger partial charge >= 0.3 is 0 Å². The molecule has 2 aliphatic rings. The van der Waals surface area contributed by atoms with E-state index in [0.717, 1.165) is 38.2 Å². The van der Waals surface area contributed by atoms with Crippen LogP contribution in [0.5, 0.6) is 0 Å². The topological polar surface area (TPSA) is 38.7 Å². The average molecular weight is 507 g/mol. The summed E-state index contributed by atoms with van der Waals surface area (Å²) >= 11 is 0. The summed E-state index contributed by atoms with van der Waals surface area (Å²) in [5, 5.41) is 9.66. The Bertz CT molecular complexity index is 908. The lowest BCUT2D eigenvalue weighted by Gasteiger charge is -2.30. The van der Waals surface area contributed by atoms with E-state index < -0.39 is 17.5 Å². The van der Waals surface area contributed by atoms with Crippen molar-refractivity contribution in [2.75, 3.05) is 13.7 Å². The van der Waals surface area contributed by atoms with Gasteiger partial charge < -0.3 is 14.6 Å². The number of methoxy groups -OCH3 is 1. The number of benzene rings is 1. The van der Waals surface area contributed by atoms with E-state index in [2.05, 4.69) is 26.7 Å². The Hall–Kier alpha value is -2.47. The maximum Gasteiger partial charge on any atom is 0.168 e. The van der Waals surface area contributed by atoms with Crippen molar-refractivity contribution in [1.82, 2.24) is 0 Å². The quantitative estimate of drug-likeness (QED) is 0.208. The Morgan fingerprint density at radius 1 is 0.972 bits per heavy atom. The second kappa shape index (κ2) is 14.9. The molecule has 2 saturated carbocycles. The van der Waals surface area contributed by atoms with E-state index in [4.69, 9.17) is 9.47 Å². The molecule has 0 aliphatic heterocycles. The van der Waals surface area contributed by atoms with E-state index in [0.29, 0.717) is 43.4 Å². The molecule has 0 radical (unpaired) electrons. The van der Waals surface area contributed by atoms with Crippen LogP contribution in [0.15, 0.2) is 61.4 Å². The zero-order chi connectivity index (χ0) is 26.7. The van der Waals surface area contributed by atoms with Crippen molar-refractivity contribution in [1.29, 1.82) is 0 Å². The average Bonchev–Trinajstić information content (AvgIpc) is 2.89. The van der Waals surface area contributed by atoms with Crippen molar-refractivity contribution < 1.29 is 27.8 Å². The molecule has 2 aliphatic carbocycles. The molecule has 0 aromatic heterocycles. The summed E-state index contributed by atoms with van der Waals surface area (Å²) in [7, 11) is 1.33. The third-order valence-corrected chi connectivity index (χ3v) is 7.16. The van der Waals surface area contributed by atoms with Crippen molar-refractivity contribution >= 4 is 0 Å². The Morgan fingerprint density at radius 2 is 1.44 bits per heavy atom. The summed E-state index contributed by atoms with van der Waals surface area (Å²) in [5.74, 6) is -1.76. The summed E-state index contributed by atoms with van der Waals surface area (Å²) in [5.41, 5.74) is 0.893. The standard InChI is InChI=1S/C26H33F3O3.C4H8/c1-16(14-24(27)17(2)31-3)32-15-18-4-6-19(7-5-18)22-12-13-23(26(29)25(22)28)20-8-10-21(30)11-9-20;1-3-4-2/h12-14,18-21,30H,1-2,4-11,15H2,3H3;3H,1,4H2,2H3/b24-14+;. The Labute approximate surface area is 214 Å². The van der Waals surface area contributed by atoms with Gasteiger partial charge in [-0.15, -0.1) is 6.58 Å². The molecule has 0 spiro atoms. The van der Waals surface area contributed by atoms with Gasteiger partial charge in [-0.05, 0) is 86.7 Å². The minimum atomic E-state index is -0.725. The number of halogens is 3. The summed E-state index contributed by atoms with van der Waals surface area (Å²) in [6.07, 6.45) is 9.55. The Morgan fingerprint density at radius 3 is 1.89 bits per heavy atom. The van der Waals surface area contributed by atoms with E-state index in [9.17, 15) is 18.3 Å². The van der Waals surface area contributed by atoms with Crippen LogP contribution in [-0.4, -0.2) is 24.9 Å². The number of aliphatic hydroxyl groups is 1. The molecule has 6 heteroatoms. The first-order valence-electron chi connectivity index (χ1n) is 12.9. The monoisotopic (exact) mass is 506 g/mol. The van der Waals surface area contributed by atoms with Crippen molar-refractivity contribution in [2.24, 2.45) is 5.92 Å². The number of ether oxygens (including phenoxy) is 2. The van der Waals surface area contributed by atoms with Crippen molar-refractivity contribution in [3.8, 4) is 0 Å². The van der Waals surface area contributed by atoms with E-state index in [-0.39, 0.29) is 35.4 Å². The smallest absolute Gasteiger partial charge is 0.168 e. The first-order valence-corrected chi connectivity index (χ1v) is 12.9. The normalized spacial score (nSPS) is 24.2. The summed E-state index contributed by atoms with van der Waals surface area (Å²) in [6.45, 7) is 13.1. The fraction of sp³-hybridized carbons (Fsp3) is 0.533. The molecule has 1 N–H and O–H groups in total. The number of rotatable bonds is 9. The molecule has 36 heavy (non-hydrogen) atoms. The van der Waals surface area contributed by atoms with Gasteiger partial charge in [0.2, 0.25) is 0 Å².